The fourth-order valence-electron chi connectivity index (χ4n) is 3.29. The topological polar surface area (TPSA) is 81.2 Å². The molecule has 1 amide bonds. The summed E-state index contributed by atoms with van der Waals surface area (Å²) in [6.45, 7) is 0. The van der Waals surface area contributed by atoms with Gasteiger partial charge in [-0.3, -0.25) is 10.1 Å². The Kier molecular flexibility index (Phi) is 4.86. The van der Waals surface area contributed by atoms with E-state index in [-0.39, 0.29) is 11.9 Å². The number of nitrogens with zero attached hydrogens (tertiary/aromatic N) is 2. The number of carbonyl (C=O) groups excluding carboxylic acids is 1. The predicted octanol–water partition coefficient (Wildman–Crippen LogP) is 5.92. The Morgan fingerprint density at radius 1 is 0.710 bits per heavy atom. The second-order valence-corrected chi connectivity index (χ2v) is 6.91. The van der Waals surface area contributed by atoms with Gasteiger partial charge in [0, 0.05) is 16.7 Å². The smallest absolute Gasteiger partial charge is 0.322 e. The first-order chi connectivity index (χ1) is 15.3. The van der Waals surface area contributed by atoms with Gasteiger partial charge in [0.15, 0.2) is 0 Å². The third-order valence-electron chi connectivity index (χ3n) is 4.84. The molecule has 3 aromatic carbocycles. The first-order valence-electron chi connectivity index (χ1n) is 9.70. The first-order valence-corrected chi connectivity index (χ1v) is 9.70. The van der Waals surface area contributed by atoms with Gasteiger partial charge in [-0.15, -0.1) is 5.10 Å². The summed E-state index contributed by atoms with van der Waals surface area (Å²) in [5.41, 5.74) is 5.16. The second-order valence-electron chi connectivity index (χ2n) is 6.91. The Labute approximate surface area is 178 Å². The van der Waals surface area contributed by atoms with Gasteiger partial charge in [-0.05, 0) is 47.0 Å². The van der Waals surface area contributed by atoms with Crippen LogP contribution in [0.25, 0.3) is 33.7 Å². The van der Waals surface area contributed by atoms with Crippen molar-refractivity contribution in [2.45, 2.75) is 0 Å². The highest BCUT2D eigenvalue weighted by Gasteiger charge is 2.14. The summed E-state index contributed by atoms with van der Waals surface area (Å²) in [5.74, 6) is -0.00110. The molecule has 0 saturated heterocycles. The molecule has 0 bridgehead atoms. The molecular formula is C25H17N3O3. The number of anilines is 1. The van der Waals surface area contributed by atoms with Gasteiger partial charge in [0.25, 0.3) is 5.91 Å². The molecule has 0 aliphatic rings. The molecule has 0 spiro atoms. The lowest BCUT2D eigenvalue weighted by Crippen LogP contribution is -2.12. The van der Waals surface area contributed by atoms with Crippen molar-refractivity contribution < 1.29 is 13.6 Å². The molecule has 0 fully saturated rings. The normalized spacial score (nSPS) is 10.7. The van der Waals surface area contributed by atoms with Crippen molar-refractivity contribution in [1.29, 1.82) is 0 Å². The van der Waals surface area contributed by atoms with Gasteiger partial charge in [0.2, 0.25) is 5.89 Å². The van der Waals surface area contributed by atoms with E-state index in [1.807, 2.05) is 78.9 Å². The van der Waals surface area contributed by atoms with Crippen molar-refractivity contribution in [2.24, 2.45) is 0 Å². The molecule has 2 heterocycles. The average Bonchev–Trinajstić information content (AvgIpc) is 3.53. The fourth-order valence-corrected chi connectivity index (χ4v) is 3.29. The maximum atomic E-state index is 12.7. The standard InChI is InChI=1S/C25H17N3O3/c29-23(20-10-4-8-18(14-20)17-6-2-1-3-7-17)26-25-28-27-24(31-25)21-11-5-9-19(15-21)22-12-13-30-16-22/h1-16H,(H,26,28,29). The Bertz CT molecular complexity index is 1330. The molecule has 0 saturated carbocycles. The van der Waals surface area contributed by atoms with E-state index >= 15 is 0 Å². The van der Waals surface area contributed by atoms with Crippen molar-refractivity contribution in [3.05, 3.63) is 103 Å². The van der Waals surface area contributed by atoms with Crippen LogP contribution in [0.15, 0.2) is 106 Å². The highest BCUT2D eigenvalue weighted by atomic mass is 16.4. The molecule has 6 heteroatoms. The van der Waals surface area contributed by atoms with Crippen molar-refractivity contribution >= 4 is 11.9 Å². The summed E-state index contributed by atoms with van der Waals surface area (Å²) in [4.78, 5) is 12.7. The highest BCUT2D eigenvalue weighted by Crippen LogP contribution is 2.27. The number of benzene rings is 3. The highest BCUT2D eigenvalue weighted by molar-refractivity contribution is 6.03. The van der Waals surface area contributed by atoms with Gasteiger partial charge in [0.05, 0.1) is 12.5 Å². The van der Waals surface area contributed by atoms with Gasteiger partial charge >= 0.3 is 6.01 Å². The molecule has 5 aromatic rings. The van der Waals surface area contributed by atoms with Crippen molar-refractivity contribution in [3.63, 3.8) is 0 Å². The molecule has 0 atom stereocenters. The number of hydrogen-bond donors (Lipinski definition) is 1. The molecule has 0 radical (unpaired) electrons. The fraction of sp³-hybridized carbons (Fsp3) is 0. The summed E-state index contributed by atoms with van der Waals surface area (Å²) in [6.07, 6.45) is 3.29. The predicted molar refractivity (Wildman–Crippen MR) is 117 cm³/mol. The lowest BCUT2D eigenvalue weighted by Gasteiger charge is -2.05. The van der Waals surface area contributed by atoms with Crippen LogP contribution >= 0.6 is 0 Å². The molecule has 0 unspecified atom stereocenters. The van der Waals surface area contributed by atoms with E-state index in [0.29, 0.717) is 11.5 Å². The van der Waals surface area contributed by atoms with Crippen molar-refractivity contribution in [1.82, 2.24) is 10.2 Å². The van der Waals surface area contributed by atoms with E-state index in [9.17, 15) is 4.79 Å². The summed E-state index contributed by atoms with van der Waals surface area (Å²) in [6, 6.07) is 26.8. The SMILES string of the molecule is O=C(Nc1nnc(-c2cccc(-c3ccoc3)c2)o1)c1cccc(-c2ccccc2)c1. The van der Waals surface area contributed by atoms with Crippen LogP contribution in [0.5, 0.6) is 0 Å². The molecule has 1 N–H and O–H groups in total. The lowest BCUT2D eigenvalue weighted by atomic mass is 10.0. The second kappa shape index (κ2) is 8.12. The molecule has 6 nitrogen and oxygen atoms in total. The number of carbonyl (C=O) groups is 1. The van der Waals surface area contributed by atoms with Gasteiger partial charge in [-0.1, -0.05) is 59.7 Å². The summed E-state index contributed by atoms with van der Waals surface area (Å²) in [5, 5.41) is 10.7. The Morgan fingerprint density at radius 3 is 2.26 bits per heavy atom. The Balaban J connectivity index is 1.35. The molecule has 5 rings (SSSR count). The number of hydrogen-bond acceptors (Lipinski definition) is 5. The zero-order valence-corrected chi connectivity index (χ0v) is 16.4. The summed E-state index contributed by atoms with van der Waals surface area (Å²) in [7, 11) is 0. The van der Waals surface area contributed by atoms with E-state index in [1.54, 1.807) is 18.6 Å². The molecule has 31 heavy (non-hydrogen) atoms. The van der Waals surface area contributed by atoms with Crippen LogP contribution in [-0.2, 0) is 0 Å². The quantitative estimate of drug-likeness (QED) is 0.391. The van der Waals surface area contributed by atoms with Gasteiger partial charge in [-0.2, -0.15) is 0 Å². The molecule has 2 aromatic heterocycles. The van der Waals surface area contributed by atoms with Crippen LogP contribution in [0.4, 0.5) is 6.01 Å². The minimum Gasteiger partial charge on any atom is -0.472 e. The van der Waals surface area contributed by atoms with Gasteiger partial charge < -0.3 is 8.83 Å². The van der Waals surface area contributed by atoms with Crippen LogP contribution < -0.4 is 5.32 Å². The Morgan fingerprint density at radius 2 is 1.45 bits per heavy atom. The van der Waals surface area contributed by atoms with E-state index < -0.39 is 0 Å². The third kappa shape index (κ3) is 4.00. The van der Waals surface area contributed by atoms with Gasteiger partial charge in [0.1, 0.15) is 0 Å². The lowest BCUT2D eigenvalue weighted by molar-refractivity contribution is 0.102. The van der Waals surface area contributed by atoms with Crippen LogP contribution in [0, 0.1) is 0 Å². The summed E-state index contributed by atoms with van der Waals surface area (Å²) >= 11 is 0. The molecular weight excluding hydrogens is 390 g/mol. The monoisotopic (exact) mass is 407 g/mol. The number of amides is 1. The number of nitrogens with one attached hydrogen (secondary N) is 1. The van der Waals surface area contributed by atoms with Gasteiger partial charge in [-0.25, -0.2) is 0 Å². The average molecular weight is 407 g/mol. The summed E-state index contributed by atoms with van der Waals surface area (Å²) < 4.78 is 10.8. The van der Waals surface area contributed by atoms with Crippen LogP contribution in [0.1, 0.15) is 10.4 Å². The van der Waals surface area contributed by atoms with E-state index in [1.165, 1.54) is 0 Å². The largest absolute Gasteiger partial charge is 0.472 e. The van der Waals surface area contributed by atoms with Crippen molar-refractivity contribution in [2.75, 3.05) is 5.32 Å². The maximum absolute atomic E-state index is 12.7. The van der Waals surface area contributed by atoms with Crippen LogP contribution in [0.3, 0.4) is 0 Å². The van der Waals surface area contributed by atoms with Crippen LogP contribution in [-0.4, -0.2) is 16.1 Å². The molecule has 150 valence electrons. The number of rotatable bonds is 5. The number of furan rings is 1. The van der Waals surface area contributed by atoms with E-state index in [4.69, 9.17) is 8.83 Å². The van der Waals surface area contributed by atoms with E-state index in [0.717, 1.165) is 27.8 Å². The molecule has 0 aliphatic carbocycles. The third-order valence-corrected chi connectivity index (χ3v) is 4.84. The molecule has 0 aliphatic heterocycles. The minimum atomic E-state index is -0.319. The maximum Gasteiger partial charge on any atom is 0.322 e. The van der Waals surface area contributed by atoms with Crippen molar-refractivity contribution in [3.8, 4) is 33.7 Å². The minimum absolute atomic E-state index is 0.0406. The number of aromatic nitrogens is 2. The van der Waals surface area contributed by atoms with E-state index in [2.05, 4.69) is 15.5 Å². The first kappa shape index (κ1) is 18.6. The van der Waals surface area contributed by atoms with Crippen LogP contribution in [0.2, 0.25) is 0 Å². The Hall–Kier alpha value is -4.45. The zero-order valence-electron chi connectivity index (χ0n) is 16.4. The zero-order chi connectivity index (χ0) is 21.0.